The quantitative estimate of drug-likeness (QED) is 0.233. The van der Waals surface area contributed by atoms with Crippen LogP contribution in [0.25, 0.3) is 6.08 Å². The number of esters is 1. The molecule has 0 aromatic heterocycles. The molecule has 1 heterocycles. The maximum absolute atomic E-state index is 13.7. The molecule has 3 rings (SSSR count). The molecule has 6 nitrogen and oxygen atoms in total. The van der Waals surface area contributed by atoms with Gasteiger partial charge >= 0.3 is 5.97 Å². The zero-order chi connectivity index (χ0) is 26.7. The number of hydrogen-bond acceptors (Lipinski definition) is 6. The van der Waals surface area contributed by atoms with Crippen LogP contribution in [0.1, 0.15) is 26.3 Å². The number of carbonyl (C=O) groups is 2. The summed E-state index contributed by atoms with van der Waals surface area (Å²) in [6, 6.07) is 3.30. The highest BCUT2D eigenvalue weighted by atomic mass is 35.5. The first-order valence-electron chi connectivity index (χ1n) is 11.0. The number of thioether (sulfide) groups is 1. The lowest BCUT2D eigenvalue weighted by Crippen LogP contribution is -2.36. The molecule has 1 aromatic rings. The molecule has 1 aliphatic carbocycles. The predicted octanol–water partition coefficient (Wildman–Crippen LogP) is 6.20. The molecule has 0 saturated heterocycles. The number of benzene rings is 1. The van der Waals surface area contributed by atoms with Gasteiger partial charge in [0.25, 0.3) is 0 Å². The Hall–Kier alpha value is -2.19. The van der Waals surface area contributed by atoms with Gasteiger partial charge in [0.1, 0.15) is 5.66 Å². The summed E-state index contributed by atoms with van der Waals surface area (Å²) in [6.45, 7) is 5.74. The van der Waals surface area contributed by atoms with Crippen molar-refractivity contribution in [2.24, 2.45) is 11.3 Å². The first-order valence-corrected chi connectivity index (χ1v) is 14.5. The van der Waals surface area contributed by atoms with Crippen LogP contribution in [0.2, 0.25) is 0 Å². The molecule has 0 fully saturated rings. The lowest BCUT2D eigenvalue weighted by atomic mass is 9.90. The van der Waals surface area contributed by atoms with Crippen LogP contribution in [0, 0.1) is 23.0 Å². The Morgan fingerprint density at radius 3 is 2.67 bits per heavy atom. The van der Waals surface area contributed by atoms with E-state index in [1.807, 2.05) is 6.08 Å². The minimum Gasteiger partial charge on any atom is -0.438 e. The maximum Gasteiger partial charge on any atom is 0.313 e. The molecule has 2 aliphatic rings. The molecule has 36 heavy (non-hydrogen) atoms. The normalized spacial score (nSPS) is 21.9. The van der Waals surface area contributed by atoms with Crippen LogP contribution in [0.4, 0.5) is 8.78 Å². The van der Waals surface area contributed by atoms with Gasteiger partial charge in [0.2, 0.25) is 13.3 Å². The second-order valence-corrected chi connectivity index (χ2v) is 13.5. The third-order valence-corrected chi connectivity index (χ3v) is 8.99. The Balaban J connectivity index is 1.81. The summed E-state index contributed by atoms with van der Waals surface area (Å²) >= 11 is 7.66. The van der Waals surface area contributed by atoms with Gasteiger partial charge in [-0.05, 0) is 61.6 Å². The van der Waals surface area contributed by atoms with E-state index >= 15 is 0 Å². The zero-order valence-electron chi connectivity index (χ0n) is 20.2. The van der Waals surface area contributed by atoms with E-state index in [2.05, 4.69) is 5.32 Å². The van der Waals surface area contributed by atoms with Gasteiger partial charge in [-0.1, -0.05) is 29.8 Å². The molecule has 4 unspecified atom stereocenters. The van der Waals surface area contributed by atoms with Crippen LogP contribution in [0.3, 0.4) is 0 Å². The van der Waals surface area contributed by atoms with Crippen LogP contribution >= 0.6 is 30.7 Å². The lowest BCUT2D eigenvalue weighted by molar-refractivity contribution is -0.159. The van der Waals surface area contributed by atoms with Crippen molar-refractivity contribution in [3.63, 3.8) is 0 Å². The molecule has 1 N–H and O–H groups in total. The first-order chi connectivity index (χ1) is 16.8. The Bertz CT molecular complexity index is 1210. The summed E-state index contributed by atoms with van der Waals surface area (Å²) < 4.78 is 51.0. The van der Waals surface area contributed by atoms with E-state index in [4.69, 9.17) is 20.9 Å². The third kappa shape index (κ3) is 6.97. The second kappa shape index (κ2) is 11.5. The van der Waals surface area contributed by atoms with E-state index in [-0.39, 0.29) is 11.2 Å². The van der Waals surface area contributed by atoms with E-state index in [0.717, 1.165) is 12.1 Å². The number of amides is 1. The Morgan fingerprint density at radius 2 is 2.00 bits per heavy atom. The highest BCUT2D eigenvalue weighted by Gasteiger charge is 2.45. The van der Waals surface area contributed by atoms with Gasteiger partial charge in [0.15, 0.2) is 18.4 Å². The highest BCUT2D eigenvalue weighted by molar-refractivity contribution is 8.03. The van der Waals surface area contributed by atoms with Gasteiger partial charge < -0.3 is 10.1 Å². The van der Waals surface area contributed by atoms with Crippen LogP contribution < -0.4 is 5.32 Å². The number of fused-ring (bicyclic) bond motifs is 1. The molecule has 0 radical (unpaired) electrons. The second-order valence-electron chi connectivity index (χ2n) is 9.41. The summed E-state index contributed by atoms with van der Waals surface area (Å²) in [5, 5.41) is 4.81. The smallest absolute Gasteiger partial charge is 0.313 e. The number of carbonyl (C=O) groups excluding carboxylic acids is 2. The first kappa shape index (κ1) is 28.4. The van der Waals surface area contributed by atoms with Crippen molar-refractivity contribution in [2.75, 3.05) is 13.5 Å². The fourth-order valence-corrected chi connectivity index (χ4v) is 6.74. The molecule has 194 valence electrons. The van der Waals surface area contributed by atoms with Gasteiger partial charge in [-0.2, -0.15) is 0 Å². The molecule has 11 heteroatoms. The van der Waals surface area contributed by atoms with Crippen molar-refractivity contribution < 1.29 is 32.2 Å². The molecule has 0 bridgehead atoms. The summed E-state index contributed by atoms with van der Waals surface area (Å²) in [4.78, 5) is 25.4. The van der Waals surface area contributed by atoms with Gasteiger partial charge in [-0.3, -0.25) is 18.7 Å². The van der Waals surface area contributed by atoms with Gasteiger partial charge in [0.05, 0.1) is 5.41 Å². The molecule has 0 saturated carbocycles. The largest absolute Gasteiger partial charge is 0.438 e. The predicted molar refractivity (Wildman–Crippen MR) is 138 cm³/mol. The number of halogens is 3. The van der Waals surface area contributed by atoms with Crippen molar-refractivity contribution in [1.82, 2.24) is 5.32 Å². The summed E-state index contributed by atoms with van der Waals surface area (Å²) in [5.74, 6) is -3.46. The van der Waals surface area contributed by atoms with Crippen molar-refractivity contribution >= 4 is 48.7 Å². The van der Waals surface area contributed by atoms with Crippen LogP contribution in [-0.4, -0.2) is 36.2 Å². The lowest BCUT2D eigenvalue weighted by Gasteiger charge is -2.29. The van der Waals surface area contributed by atoms with E-state index in [1.54, 1.807) is 38.3 Å². The minimum atomic E-state index is -3.74. The molecular weight excluding hydrogens is 531 g/mol. The summed E-state index contributed by atoms with van der Waals surface area (Å²) in [5.41, 5.74) is -1.12. The molecule has 1 aliphatic heterocycles. The number of ether oxygens (including phenoxy) is 1. The number of hydrogen-bond donors (Lipinski definition) is 1. The van der Waals surface area contributed by atoms with Crippen molar-refractivity contribution in [3.05, 3.63) is 75.8 Å². The topological polar surface area (TPSA) is 81.7 Å². The average Bonchev–Trinajstić information content (AvgIpc) is 3.17. The highest BCUT2D eigenvalue weighted by Crippen LogP contribution is 2.56. The third-order valence-electron chi connectivity index (χ3n) is 5.47. The van der Waals surface area contributed by atoms with E-state index < -0.39 is 48.7 Å². The van der Waals surface area contributed by atoms with Crippen LogP contribution in [0.5, 0.6) is 0 Å². The fraction of sp³-hybridized carbons (Fsp3) is 0.360. The van der Waals surface area contributed by atoms with Crippen molar-refractivity contribution in [3.8, 4) is 0 Å². The standard InChI is InChI=1S/C25H27ClF2NO5PS/c1-25(2,3)24(31)33-14-34-35(4,32)22(18-13-36-21-8-6-16(26)12-17(18)21)23(30)29-10-9-15-5-7-19(27)20(28)11-15/h5-13,17,21-22H,14H2,1-4H3,(H,29,30)/b10-9+. The summed E-state index contributed by atoms with van der Waals surface area (Å²) in [6.07, 6.45) is 8.09. The molecular formula is C25H27ClF2NO5PS. The van der Waals surface area contributed by atoms with Gasteiger partial charge in [-0.15, -0.1) is 11.8 Å². The van der Waals surface area contributed by atoms with E-state index in [9.17, 15) is 22.9 Å². The zero-order valence-corrected chi connectivity index (χ0v) is 22.6. The van der Waals surface area contributed by atoms with Crippen molar-refractivity contribution in [2.45, 2.75) is 31.7 Å². The van der Waals surface area contributed by atoms with Crippen LogP contribution in [0.15, 0.2) is 58.6 Å². The Kier molecular flexibility index (Phi) is 9.04. The summed E-state index contributed by atoms with van der Waals surface area (Å²) in [7, 11) is -3.74. The number of nitrogens with one attached hydrogen (secondary N) is 1. The van der Waals surface area contributed by atoms with E-state index in [1.165, 1.54) is 36.8 Å². The Labute approximate surface area is 218 Å². The minimum absolute atomic E-state index is 0.0192. The number of allylic oxidation sites excluding steroid dienone is 3. The average molecular weight is 558 g/mol. The molecule has 0 spiro atoms. The van der Waals surface area contributed by atoms with E-state index in [0.29, 0.717) is 16.2 Å². The number of rotatable bonds is 8. The van der Waals surface area contributed by atoms with Crippen LogP contribution in [-0.2, 0) is 23.4 Å². The maximum atomic E-state index is 13.7. The SMILES string of the molecule is CC(C)(C)C(=O)OCOP(C)(=O)C(C(=O)N/C=C/c1ccc(F)c(F)c1)C1=CSC2C=CC(Cl)=CC12. The van der Waals surface area contributed by atoms with Crippen molar-refractivity contribution in [1.29, 1.82) is 0 Å². The Morgan fingerprint density at radius 1 is 1.28 bits per heavy atom. The van der Waals surface area contributed by atoms with Gasteiger partial charge in [0, 0.05) is 29.1 Å². The molecule has 1 amide bonds. The molecule has 4 atom stereocenters. The van der Waals surface area contributed by atoms with Gasteiger partial charge in [-0.25, -0.2) is 8.78 Å². The monoisotopic (exact) mass is 557 g/mol. The molecule has 1 aromatic carbocycles. The fourth-order valence-electron chi connectivity index (χ4n) is 3.55.